The molecule has 0 bridgehead atoms. The molecule has 0 aliphatic heterocycles. The van der Waals surface area contributed by atoms with Gasteiger partial charge in [-0.15, -0.1) is 0 Å². The van der Waals surface area contributed by atoms with Crippen LogP contribution in [-0.4, -0.2) is 24.5 Å². The second-order valence-corrected chi connectivity index (χ2v) is 7.83. The summed E-state index contributed by atoms with van der Waals surface area (Å²) in [7, 11) is 0. The van der Waals surface area contributed by atoms with E-state index in [2.05, 4.69) is 59.3 Å². The zero-order valence-electron chi connectivity index (χ0n) is 29.7. The summed E-state index contributed by atoms with van der Waals surface area (Å²) in [5.74, 6) is 0.0304. The molecular formula is C38H72FN. The largest absolute Gasteiger partial charge is 0.303 e. The highest BCUT2D eigenvalue weighted by Crippen LogP contribution is 2.24. The number of nitrogens with zero attached hydrogens (tertiary/aromatic N) is 1. The average Bonchev–Trinajstić information content (AvgIpc) is 3.01. The van der Waals surface area contributed by atoms with E-state index in [4.69, 9.17) is 0 Å². The van der Waals surface area contributed by atoms with Crippen molar-refractivity contribution in [2.45, 2.75) is 129 Å². The van der Waals surface area contributed by atoms with Crippen LogP contribution in [0.3, 0.4) is 0 Å². The van der Waals surface area contributed by atoms with Crippen molar-refractivity contribution in [3.05, 3.63) is 96.9 Å². The SMILES string of the molecule is C=C/C(=C\C=C\C)C(C)c1ccc(F)cc1.C=CC(=C)CCN(CCC)CCC.CC.CC.CC.CC.CCC. The second kappa shape index (κ2) is 46.6. The molecule has 2 heteroatoms. The van der Waals surface area contributed by atoms with Crippen molar-refractivity contribution in [2.75, 3.05) is 19.6 Å². The van der Waals surface area contributed by atoms with Crippen molar-refractivity contribution in [2.24, 2.45) is 0 Å². The van der Waals surface area contributed by atoms with Crippen molar-refractivity contribution in [3.63, 3.8) is 0 Å². The van der Waals surface area contributed by atoms with Gasteiger partial charge in [-0.2, -0.15) is 0 Å². The molecule has 1 aromatic rings. The lowest BCUT2D eigenvalue weighted by Gasteiger charge is -2.20. The monoisotopic (exact) mass is 562 g/mol. The van der Waals surface area contributed by atoms with Crippen molar-refractivity contribution in [3.8, 4) is 0 Å². The molecule has 0 saturated carbocycles. The smallest absolute Gasteiger partial charge is 0.123 e. The highest BCUT2D eigenvalue weighted by Gasteiger charge is 2.07. The Morgan fingerprint density at radius 3 is 1.55 bits per heavy atom. The van der Waals surface area contributed by atoms with Crippen molar-refractivity contribution in [1.82, 2.24) is 4.90 Å². The number of rotatable bonds is 12. The van der Waals surface area contributed by atoms with Crippen molar-refractivity contribution < 1.29 is 4.39 Å². The van der Waals surface area contributed by atoms with Gasteiger partial charge in [-0.1, -0.05) is 164 Å². The number of hydrogen-bond acceptors (Lipinski definition) is 1. The maximum atomic E-state index is 12.8. The maximum Gasteiger partial charge on any atom is 0.123 e. The first-order chi connectivity index (χ1) is 19.3. The molecule has 236 valence electrons. The highest BCUT2D eigenvalue weighted by molar-refractivity contribution is 5.35. The first-order valence-corrected chi connectivity index (χ1v) is 16.1. The lowest BCUT2D eigenvalue weighted by Crippen LogP contribution is -2.26. The number of benzene rings is 1. The van der Waals surface area contributed by atoms with Crippen LogP contribution in [0.1, 0.15) is 134 Å². The Kier molecular flexibility index (Phi) is 59.0. The predicted molar refractivity (Wildman–Crippen MR) is 190 cm³/mol. The van der Waals surface area contributed by atoms with Gasteiger partial charge in [0.1, 0.15) is 5.82 Å². The molecule has 0 amide bonds. The minimum atomic E-state index is -0.200. The first-order valence-electron chi connectivity index (χ1n) is 16.1. The molecule has 0 aromatic heterocycles. The van der Waals surface area contributed by atoms with Gasteiger partial charge >= 0.3 is 0 Å². The Balaban J connectivity index is -0.000000108. The average molecular weight is 562 g/mol. The predicted octanol–water partition coefficient (Wildman–Crippen LogP) is 13.4. The van der Waals surface area contributed by atoms with Crippen LogP contribution in [0.4, 0.5) is 4.39 Å². The van der Waals surface area contributed by atoms with Gasteiger partial charge in [-0.05, 0) is 62.5 Å². The summed E-state index contributed by atoms with van der Waals surface area (Å²) >= 11 is 0. The third kappa shape index (κ3) is 35.8. The highest BCUT2D eigenvalue weighted by atomic mass is 19.1. The quantitative estimate of drug-likeness (QED) is 0.229. The molecule has 0 aliphatic carbocycles. The van der Waals surface area contributed by atoms with E-state index >= 15 is 0 Å². The Morgan fingerprint density at radius 2 is 1.23 bits per heavy atom. The molecule has 0 radical (unpaired) electrons. The zero-order chi connectivity index (χ0) is 32.8. The molecule has 1 atom stereocenters. The summed E-state index contributed by atoms with van der Waals surface area (Å²) in [6, 6.07) is 6.60. The summed E-state index contributed by atoms with van der Waals surface area (Å²) in [5, 5.41) is 0. The zero-order valence-corrected chi connectivity index (χ0v) is 29.7. The Hall–Kier alpha value is -2.19. The Bertz CT molecular complexity index is 661. The van der Waals surface area contributed by atoms with Gasteiger partial charge in [-0.3, -0.25) is 0 Å². The topological polar surface area (TPSA) is 3.24 Å². The molecular weight excluding hydrogens is 489 g/mol. The molecule has 0 heterocycles. The minimum Gasteiger partial charge on any atom is -0.303 e. The molecule has 0 N–H and O–H groups in total. The van der Waals surface area contributed by atoms with Crippen LogP contribution in [0.2, 0.25) is 0 Å². The lowest BCUT2D eigenvalue weighted by molar-refractivity contribution is 0.278. The number of allylic oxidation sites excluding steroid dienone is 6. The van der Waals surface area contributed by atoms with Gasteiger partial charge in [0.2, 0.25) is 0 Å². The molecule has 0 spiro atoms. The third-order valence-electron chi connectivity index (χ3n) is 4.70. The molecule has 0 fully saturated rings. The van der Waals surface area contributed by atoms with Crippen LogP contribution in [0.25, 0.3) is 0 Å². The van der Waals surface area contributed by atoms with Crippen LogP contribution in [0, 0.1) is 5.82 Å². The summed E-state index contributed by atoms with van der Waals surface area (Å²) in [6.07, 6.45) is 14.5. The molecule has 1 rings (SSSR count). The summed E-state index contributed by atoms with van der Waals surface area (Å²) < 4.78 is 12.8. The van der Waals surface area contributed by atoms with E-state index in [0.29, 0.717) is 0 Å². The van der Waals surface area contributed by atoms with E-state index in [0.717, 1.165) is 29.7 Å². The van der Waals surface area contributed by atoms with Crippen molar-refractivity contribution >= 4 is 0 Å². The minimum absolute atomic E-state index is 0.200. The Labute approximate surface area is 254 Å². The summed E-state index contributed by atoms with van der Waals surface area (Å²) in [5.41, 5.74) is 3.37. The van der Waals surface area contributed by atoms with E-state index in [1.165, 1.54) is 44.5 Å². The summed E-state index contributed by atoms with van der Waals surface area (Å²) in [6.45, 7) is 43.7. The van der Waals surface area contributed by atoms with Gasteiger partial charge in [0.25, 0.3) is 0 Å². The van der Waals surface area contributed by atoms with E-state index < -0.39 is 0 Å². The van der Waals surface area contributed by atoms with E-state index in [9.17, 15) is 4.39 Å². The van der Waals surface area contributed by atoms with Gasteiger partial charge in [0.15, 0.2) is 0 Å². The second-order valence-electron chi connectivity index (χ2n) is 7.83. The Morgan fingerprint density at radius 1 is 0.800 bits per heavy atom. The fraction of sp³-hybridized carbons (Fsp3) is 0.579. The number of halogens is 1. The fourth-order valence-electron chi connectivity index (χ4n) is 2.91. The van der Waals surface area contributed by atoms with Gasteiger partial charge < -0.3 is 4.90 Å². The van der Waals surface area contributed by atoms with Gasteiger partial charge in [-0.25, -0.2) is 4.39 Å². The van der Waals surface area contributed by atoms with E-state index in [1.54, 1.807) is 0 Å². The lowest BCUT2D eigenvalue weighted by atomic mass is 9.92. The van der Waals surface area contributed by atoms with E-state index in [-0.39, 0.29) is 11.7 Å². The molecule has 1 aromatic carbocycles. The van der Waals surface area contributed by atoms with Crippen LogP contribution >= 0.6 is 0 Å². The molecule has 1 unspecified atom stereocenters. The normalized spacial score (nSPS) is 10.1. The van der Waals surface area contributed by atoms with Crippen molar-refractivity contribution in [1.29, 1.82) is 0 Å². The number of hydrogen-bond donors (Lipinski definition) is 0. The molecule has 40 heavy (non-hydrogen) atoms. The molecule has 0 saturated heterocycles. The third-order valence-corrected chi connectivity index (χ3v) is 4.70. The molecule has 0 aliphatic rings. The van der Waals surface area contributed by atoms with E-state index in [1.807, 2.05) is 105 Å². The van der Waals surface area contributed by atoms with Gasteiger partial charge in [0.05, 0.1) is 0 Å². The van der Waals surface area contributed by atoms with Crippen LogP contribution < -0.4 is 0 Å². The molecule has 1 nitrogen and oxygen atoms in total. The van der Waals surface area contributed by atoms with Crippen LogP contribution in [0.5, 0.6) is 0 Å². The summed E-state index contributed by atoms with van der Waals surface area (Å²) in [4.78, 5) is 2.49. The fourth-order valence-corrected chi connectivity index (χ4v) is 2.91. The van der Waals surface area contributed by atoms with Crippen LogP contribution in [0.15, 0.2) is 85.5 Å². The van der Waals surface area contributed by atoms with Crippen LogP contribution in [-0.2, 0) is 0 Å². The standard InChI is InChI=1S/C15H17F.C12H23N.C3H8.4C2H6/c1-4-6-7-13(5-2)12(3)14-8-10-15(16)11-9-14;1-5-9-13(10-6-2)11-8-12(4)7-3;1-3-2;4*1-2/h4-12H,2H2,1,3H3;7H,3-6,8-11H2,1-2H3;3H2,1-2H3;4*1-2H3/b6-4+,13-7+;;;;;;. The van der Waals surface area contributed by atoms with Gasteiger partial charge in [0, 0.05) is 12.5 Å². The maximum absolute atomic E-state index is 12.8. The first kappa shape index (κ1) is 50.6.